The van der Waals surface area contributed by atoms with Crippen LogP contribution in [0.4, 0.5) is 0 Å². The van der Waals surface area contributed by atoms with Crippen molar-refractivity contribution < 1.29 is 14.3 Å². The van der Waals surface area contributed by atoms with Crippen LogP contribution >= 0.6 is 11.3 Å². The van der Waals surface area contributed by atoms with E-state index in [1.807, 2.05) is 30.3 Å². The van der Waals surface area contributed by atoms with Crippen LogP contribution in [0.25, 0.3) is 10.2 Å². The Balaban J connectivity index is 1.48. The number of fused-ring (bicyclic) bond motifs is 3. The number of ether oxygens (including phenoxy) is 2. The second-order valence-corrected chi connectivity index (χ2v) is 8.02. The number of methoxy groups -OCH3 is 1. The van der Waals surface area contributed by atoms with Gasteiger partial charge in [-0.05, 0) is 30.5 Å². The van der Waals surface area contributed by atoms with E-state index in [2.05, 4.69) is 4.98 Å². The third-order valence-corrected chi connectivity index (χ3v) is 6.16. The van der Waals surface area contributed by atoms with E-state index >= 15 is 0 Å². The summed E-state index contributed by atoms with van der Waals surface area (Å²) in [5.41, 5.74) is 1.03. The van der Waals surface area contributed by atoms with Crippen molar-refractivity contribution in [2.24, 2.45) is 0 Å². The van der Waals surface area contributed by atoms with Gasteiger partial charge in [-0.15, -0.1) is 11.3 Å². The molecule has 0 saturated carbocycles. The lowest BCUT2D eigenvalue weighted by molar-refractivity contribution is -0.134. The van der Waals surface area contributed by atoms with Crippen LogP contribution in [0.5, 0.6) is 5.75 Å². The van der Waals surface area contributed by atoms with Gasteiger partial charge in [0.15, 0.2) is 6.61 Å². The van der Waals surface area contributed by atoms with Gasteiger partial charge in [-0.1, -0.05) is 18.2 Å². The summed E-state index contributed by atoms with van der Waals surface area (Å²) in [5, 5.41) is 0.706. The topological polar surface area (TPSA) is 73.7 Å². The zero-order valence-corrected chi connectivity index (χ0v) is 17.1. The van der Waals surface area contributed by atoms with Crippen LogP contribution in [-0.4, -0.2) is 47.2 Å². The second-order valence-electron chi connectivity index (χ2n) is 6.94. The van der Waals surface area contributed by atoms with Gasteiger partial charge in [0.2, 0.25) is 0 Å². The van der Waals surface area contributed by atoms with Crippen LogP contribution in [-0.2, 0) is 29.0 Å². The Kier molecular flexibility index (Phi) is 5.92. The van der Waals surface area contributed by atoms with E-state index < -0.39 is 0 Å². The number of aromatic nitrogens is 2. The molecule has 4 rings (SSSR count). The average molecular weight is 413 g/mol. The number of benzene rings is 1. The van der Waals surface area contributed by atoms with Gasteiger partial charge in [0, 0.05) is 31.7 Å². The summed E-state index contributed by atoms with van der Waals surface area (Å²) < 4.78 is 12.3. The Hall–Kier alpha value is -2.71. The zero-order chi connectivity index (χ0) is 20.2. The molecule has 0 radical (unpaired) electrons. The summed E-state index contributed by atoms with van der Waals surface area (Å²) in [6.45, 7) is 2.27. The van der Waals surface area contributed by atoms with Gasteiger partial charge in [-0.2, -0.15) is 0 Å². The molecule has 152 valence electrons. The van der Waals surface area contributed by atoms with Gasteiger partial charge in [0.1, 0.15) is 10.6 Å². The van der Waals surface area contributed by atoms with Gasteiger partial charge in [-0.3, -0.25) is 14.2 Å². The Morgan fingerprint density at radius 2 is 2.10 bits per heavy atom. The molecule has 1 aromatic carbocycles. The molecule has 0 bridgehead atoms. The predicted octanol–water partition coefficient (Wildman–Crippen LogP) is 2.46. The average Bonchev–Trinajstić information content (AvgIpc) is 3.13. The molecule has 1 aliphatic heterocycles. The van der Waals surface area contributed by atoms with E-state index in [9.17, 15) is 9.59 Å². The third-order valence-electron chi connectivity index (χ3n) is 5.03. The maximum atomic E-state index is 12.9. The minimum atomic E-state index is -0.0538. The normalized spacial score (nSPS) is 13.5. The molecule has 3 heterocycles. The number of carbonyl (C=O) groups excluding carboxylic acids is 1. The second kappa shape index (κ2) is 8.75. The number of carbonyl (C=O) groups is 1. The highest BCUT2D eigenvalue weighted by molar-refractivity contribution is 7.18. The van der Waals surface area contributed by atoms with E-state index in [4.69, 9.17) is 9.47 Å². The summed E-state index contributed by atoms with van der Waals surface area (Å²) in [7, 11) is 1.65. The molecule has 0 fully saturated rings. The van der Waals surface area contributed by atoms with E-state index in [0.29, 0.717) is 43.8 Å². The monoisotopic (exact) mass is 413 g/mol. The number of para-hydroxylation sites is 1. The molecule has 29 heavy (non-hydrogen) atoms. The first-order chi connectivity index (χ1) is 14.2. The largest absolute Gasteiger partial charge is 0.484 e. The Morgan fingerprint density at radius 1 is 1.28 bits per heavy atom. The molecule has 3 aromatic rings. The number of hydrogen-bond donors (Lipinski definition) is 0. The van der Waals surface area contributed by atoms with Gasteiger partial charge < -0.3 is 14.4 Å². The van der Waals surface area contributed by atoms with E-state index in [-0.39, 0.29) is 18.1 Å². The molecule has 7 nitrogen and oxygen atoms in total. The first-order valence-corrected chi connectivity index (χ1v) is 10.4. The molecule has 0 unspecified atom stereocenters. The number of amides is 1. The summed E-state index contributed by atoms with van der Waals surface area (Å²) in [4.78, 5) is 33.6. The van der Waals surface area contributed by atoms with Crippen LogP contribution in [0, 0.1) is 0 Å². The quantitative estimate of drug-likeness (QED) is 0.557. The van der Waals surface area contributed by atoms with Gasteiger partial charge >= 0.3 is 0 Å². The number of rotatable bonds is 7. The van der Waals surface area contributed by atoms with E-state index in [1.165, 1.54) is 11.3 Å². The van der Waals surface area contributed by atoms with Gasteiger partial charge in [0.05, 0.1) is 18.3 Å². The van der Waals surface area contributed by atoms with Crippen molar-refractivity contribution in [2.75, 3.05) is 26.9 Å². The smallest absolute Gasteiger partial charge is 0.262 e. The van der Waals surface area contributed by atoms with Crippen LogP contribution in [0.1, 0.15) is 16.9 Å². The van der Waals surface area contributed by atoms with Crippen LogP contribution in [0.2, 0.25) is 0 Å². The van der Waals surface area contributed by atoms with Crippen molar-refractivity contribution in [2.45, 2.75) is 25.9 Å². The molecule has 2 aromatic heterocycles. The third kappa shape index (κ3) is 4.18. The maximum Gasteiger partial charge on any atom is 0.262 e. The lowest BCUT2D eigenvalue weighted by atomic mass is 10.1. The highest BCUT2D eigenvalue weighted by atomic mass is 32.1. The summed E-state index contributed by atoms with van der Waals surface area (Å²) in [6, 6.07) is 9.31. The highest BCUT2D eigenvalue weighted by Gasteiger charge is 2.26. The van der Waals surface area contributed by atoms with Gasteiger partial charge in [0.25, 0.3) is 11.5 Å². The van der Waals surface area contributed by atoms with E-state index in [0.717, 1.165) is 21.7 Å². The van der Waals surface area contributed by atoms with Crippen molar-refractivity contribution in [3.8, 4) is 5.75 Å². The van der Waals surface area contributed by atoms with Crippen molar-refractivity contribution >= 4 is 27.5 Å². The zero-order valence-electron chi connectivity index (χ0n) is 16.3. The Bertz CT molecular complexity index is 1060. The standard InChI is InChI=1S/C21H23N3O4S/c1-27-11-5-9-24-14-22-20-19(21(24)26)16-8-10-23(12-17(16)29-20)18(25)13-28-15-6-3-2-4-7-15/h2-4,6-7,14H,5,8-13H2,1H3. The van der Waals surface area contributed by atoms with E-state index in [1.54, 1.807) is 22.9 Å². The molecule has 1 amide bonds. The number of hydrogen-bond acceptors (Lipinski definition) is 6. The molecular weight excluding hydrogens is 390 g/mol. The Morgan fingerprint density at radius 3 is 2.90 bits per heavy atom. The fourth-order valence-electron chi connectivity index (χ4n) is 3.52. The fraction of sp³-hybridized carbons (Fsp3) is 0.381. The molecule has 0 saturated heterocycles. The first kappa shape index (κ1) is 19.6. The van der Waals surface area contributed by atoms with Crippen molar-refractivity contribution in [1.29, 1.82) is 0 Å². The van der Waals surface area contributed by atoms with Crippen LogP contribution in [0.15, 0.2) is 41.5 Å². The maximum absolute atomic E-state index is 12.9. The van der Waals surface area contributed by atoms with Crippen molar-refractivity contribution in [3.05, 3.63) is 57.5 Å². The lowest BCUT2D eigenvalue weighted by Gasteiger charge is -2.27. The summed E-state index contributed by atoms with van der Waals surface area (Å²) >= 11 is 1.50. The molecule has 0 atom stereocenters. The molecule has 1 aliphatic rings. The SMILES string of the molecule is COCCCn1cnc2sc3c(c2c1=O)CCN(C(=O)COc1ccccc1)C3. The lowest BCUT2D eigenvalue weighted by Crippen LogP contribution is -2.38. The molecule has 0 spiro atoms. The molecule has 0 N–H and O–H groups in total. The Labute approximate surface area is 172 Å². The summed E-state index contributed by atoms with van der Waals surface area (Å²) in [5.74, 6) is 0.625. The highest BCUT2D eigenvalue weighted by Crippen LogP contribution is 2.32. The van der Waals surface area contributed by atoms with Crippen LogP contribution in [0.3, 0.4) is 0 Å². The van der Waals surface area contributed by atoms with Crippen LogP contribution < -0.4 is 10.3 Å². The molecule has 8 heteroatoms. The van der Waals surface area contributed by atoms with Crippen molar-refractivity contribution in [1.82, 2.24) is 14.5 Å². The minimum Gasteiger partial charge on any atom is -0.484 e. The summed E-state index contributed by atoms with van der Waals surface area (Å²) in [6.07, 6.45) is 3.03. The molecular formula is C21H23N3O4S. The minimum absolute atomic E-state index is 0.00390. The fourth-order valence-corrected chi connectivity index (χ4v) is 4.72. The number of thiophene rings is 1. The number of nitrogens with zero attached hydrogens (tertiary/aromatic N) is 3. The van der Waals surface area contributed by atoms with Crippen molar-refractivity contribution in [3.63, 3.8) is 0 Å². The predicted molar refractivity (Wildman–Crippen MR) is 111 cm³/mol. The number of aryl methyl sites for hydroxylation is 1. The first-order valence-electron chi connectivity index (χ1n) is 9.61. The molecule has 0 aliphatic carbocycles. The van der Waals surface area contributed by atoms with Gasteiger partial charge in [-0.25, -0.2) is 4.98 Å².